The van der Waals surface area contributed by atoms with E-state index in [4.69, 9.17) is 4.42 Å². The molecule has 100 valence electrons. The highest BCUT2D eigenvalue weighted by Crippen LogP contribution is 2.11. The van der Waals surface area contributed by atoms with E-state index in [-0.39, 0.29) is 5.76 Å². The Kier molecular flexibility index (Phi) is 4.38. The molecular formula is C13H20N2O3. The van der Waals surface area contributed by atoms with Crippen molar-refractivity contribution in [2.45, 2.75) is 25.4 Å². The molecule has 5 nitrogen and oxygen atoms in total. The van der Waals surface area contributed by atoms with Crippen LogP contribution in [0.1, 0.15) is 29.2 Å². The van der Waals surface area contributed by atoms with Crippen LogP contribution in [0.5, 0.6) is 0 Å². The second-order valence-corrected chi connectivity index (χ2v) is 4.74. The minimum absolute atomic E-state index is 0.259. The Balaban J connectivity index is 1.82. The number of likely N-dealkylation sites (tertiary alicyclic amines) is 1. The lowest BCUT2D eigenvalue weighted by Crippen LogP contribution is -2.43. The van der Waals surface area contributed by atoms with Crippen LogP contribution in [0.4, 0.5) is 0 Å². The first-order valence-corrected chi connectivity index (χ1v) is 6.28. The van der Waals surface area contributed by atoms with Gasteiger partial charge in [-0.15, -0.1) is 0 Å². The summed E-state index contributed by atoms with van der Waals surface area (Å²) in [6.45, 7) is 2.88. The van der Waals surface area contributed by atoms with Gasteiger partial charge in [-0.25, -0.2) is 4.79 Å². The fourth-order valence-electron chi connectivity index (χ4n) is 2.26. The van der Waals surface area contributed by atoms with Gasteiger partial charge in [-0.1, -0.05) is 0 Å². The maximum absolute atomic E-state index is 11.2. The van der Waals surface area contributed by atoms with Gasteiger partial charge in [0.15, 0.2) is 0 Å². The second-order valence-electron chi connectivity index (χ2n) is 4.74. The summed E-state index contributed by atoms with van der Waals surface area (Å²) < 4.78 is 10.0. The topological polar surface area (TPSA) is 54.7 Å². The number of carbonyl (C=O) groups excluding carboxylic acids is 1. The number of carbonyl (C=O) groups is 1. The van der Waals surface area contributed by atoms with Crippen molar-refractivity contribution in [1.82, 2.24) is 10.2 Å². The van der Waals surface area contributed by atoms with E-state index in [1.165, 1.54) is 26.5 Å². The quantitative estimate of drug-likeness (QED) is 0.817. The van der Waals surface area contributed by atoms with E-state index >= 15 is 0 Å². The smallest absolute Gasteiger partial charge is 0.373 e. The van der Waals surface area contributed by atoms with Crippen LogP contribution >= 0.6 is 0 Å². The maximum Gasteiger partial charge on any atom is 0.373 e. The molecule has 1 N–H and O–H groups in total. The standard InChI is InChI=1S/C13H20N2O3/c1-15-7-3-4-10(9-15)14-8-11-5-6-12(18-11)13(16)17-2/h5-6,10,14H,3-4,7-9H2,1-2H3. The summed E-state index contributed by atoms with van der Waals surface area (Å²) in [5.74, 6) is 0.595. The third-order valence-corrected chi connectivity index (χ3v) is 3.24. The summed E-state index contributed by atoms with van der Waals surface area (Å²) >= 11 is 0. The number of likely N-dealkylation sites (N-methyl/N-ethyl adjacent to an activating group) is 1. The van der Waals surface area contributed by atoms with E-state index < -0.39 is 5.97 Å². The minimum atomic E-state index is -0.432. The molecule has 2 heterocycles. The van der Waals surface area contributed by atoms with Gasteiger partial charge >= 0.3 is 5.97 Å². The largest absolute Gasteiger partial charge is 0.463 e. The average molecular weight is 252 g/mol. The maximum atomic E-state index is 11.2. The second kappa shape index (κ2) is 6.02. The molecule has 0 aliphatic carbocycles. The number of ether oxygens (including phenoxy) is 1. The van der Waals surface area contributed by atoms with Gasteiger partial charge in [-0.05, 0) is 38.6 Å². The number of piperidine rings is 1. The van der Waals surface area contributed by atoms with E-state index in [9.17, 15) is 4.79 Å². The molecule has 18 heavy (non-hydrogen) atoms. The number of nitrogens with zero attached hydrogens (tertiary/aromatic N) is 1. The van der Waals surface area contributed by atoms with Gasteiger partial charge in [-0.3, -0.25) is 0 Å². The Bertz CT molecular complexity index is 403. The van der Waals surface area contributed by atoms with Crippen molar-refractivity contribution >= 4 is 5.97 Å². The van der Waals surface area contributed by atoms with Gasteiger partial charge in [0, 0.05) is 12.6 Å². The first kappa shape index (κ1) is 13.1. The van der Waals surface area contributed by atoms with Gasteiger partial charge in [0.2, 0.25) is 5.76 Å². The molecule has 0 amide bonds. The van der Waals surface area contributed by atoms with Crippen LogP contribution in [0.15, 0.2) is 16.5 Å². The van der Waals surface area contributed by atoms with E-state index in [1.807, 2.05) is 6.07 Å². The molecule has 1 aliphatic rings. The Hall–Kier alpha value is -1.33. The Morgan fingerprint density at radius 2 is 2.44 bits per heavy atom. The molecule has 0 spiro atoms. The Morgan fingerprint density at radius 3 is 3.17 bits per heavy atom. The monoisotopic (exact) mass is 252 g/mol. The molecule has 5 heteroatoms. The molecule has 1 aromatic heterocycles. The van der Waals surface area contributed by atoms with Crippen LogP contribution in [0.25, 0.3) is 0 Å². The molecule has 1 fully saturated rings. The van der Waals surface area contributed by atoms with Crippen molar-refractivity contribution in [2.24, 2.45) is 0 Å². The third-order valence-electron chi connectivity index (χ3n) is 3.24. The first-order chi connectivity index (χ1) is 8.69. The zero-order valence-corrected chi connectivity index (χ0v) is 10.9. The summed E-state index contributed by atoms with van der Waals surface area (Å²) in [6.07, 6.45) is 2.41. The highest BCUT2D eigenvalue weighted by molar-refractivity contribution is 5.86. The molecule has 0 aromatic carbocycles. The van der Waals surface area contributed by atoms with Crippen LogP contribution in [-0.4, -0.2) is 44.2 Å². The lowest BCUT2D eigenvalue weighted by atomic mass is 10.1. The summed E-state index contributed by atoms with van der Waals surface area (Å²) in [4.78, 5) is 13.6. The fraction of sp³-hybridized carbons (Fsp3) is 0.615. The van der Waals surface area contributed by atoms with Crippen molar-refractivity contribution in [3.05, 3.63) is 23.7 Å². The van der Waals surface area contributed by atoms with Crippen molar-refractivity contribution in [2.75, 3.05) is 27.2 Å². The zero-order valence-electron chi connectivity index (χ0n) is 10.9. The lowest BCUT2D eigenvalue weighted by Gasteiger charge is -2.30. The molecule has 0 saturated carbocycles. The predicted molar refractivity (Wildman–Crippen MR) is 67.4 cm³/mol. The van der Waals surface area contributed by atoms with E-state index in [0.29, 0.717) is 12.6 Å². The van der Waals surface area contributed by atoms with E-state index in [0.717, 1.165) is 12.3 Å². The summed E-state index contributed by atoms with van der Waals surface area (Å²) in [7, 11) is 3.48. The molecule has 0 bridgehead atoms. The molecule has 1 aliphatic heterocycles. The number of hydrogen-bond donors (Lipinski definition) is 1. The highest BCUT2D eigenvalue weighted by Gasteiger charge is 2.17. The first-order valence-electron chi connectivity index (χ1n) is 6.28. The summed E-state index contributed by atoms with van der Waals surface area (Å²) in [6, 6.07) is 3.96. The Labute approximate surface area is 107 Å². The molecule has 0 radical (unpaired) electrons. The third kappa shape index (κ3) is 3.34. The zero-order chi connectivity index (χ0) is 13.0. The van der Waals surface area contributed by atoms with Gasteiger partial charge in [0.05, 0.1) is 13.7 Å². The van der Waals surface area contributed by atoms with E-state index in [2.05, 4.69) is 22.0 Å². The van der Waals surface area contributed by atoms with Crippen molar-refractivity contribution in [1.29, 1.82) is 0 Å². The van der Waals surface area contributed by atoms with Crippen LogP contribution in [0, 0.1) is 0 Å². The van der Waals surface area contributed by atoms with Crippen molar-refractivity contribution in [3.8, 4) is 0 Å². The lowest BCUT2D eigenvalue weighted by molar-refractivity contribution is 0.0562. The van der Waals surface area contributed by atoms with Gasteiger partial charge in [-0.2, -0.15) is 0 Å². The van der Waals surface area contributed by atoms with Crippen LogP contribution in [0.3, 0.4) is 0 Å². The van der Waals surface area contributed by atoms with Gasteiger partial charge in [0.1, 0.15) is 5.76 Å². The van der Waals surface area contributed by atoms with Gasteiger partial charge in [0.25, 0.3) is 0 Å². The molecule has 1 aromatic rings. The van der Waals surface area contributed by atoms with Crippen LogP contribution in [-0.2, 0) is 11.3 Å². The number of nitrogens with one attached hydrogen (secondary N) is 1. The van der Waals surface area contributed by atoms with Crippen LogP contribution < -0.4 is 5.32 Å². The molecular weight excluding hydrogens is 232 g/mol. The fourth-order valence-corrected chi connectivity index (χ4v) is 2.26. The molecule has 1 unspecified atom stereocenters. The number of furan rings is 1. The minimum Gasteiger partial charge on any atom is -0.463 e. The van der Waals surface area contributed by atoms with Crippen molar-refractivity contribution in [3.63, 3.8) is 0 Å². The molecule has 1 atom stereocenters. The number of rotatable bonds is 4. The van der Waals surface area contributed by atoms with E-state index in [1.54, 1.807) is 6.07 Å². The summed E-state index contributed by atoms with van der Waals surface area (Å²) in [5, 5.41) is 3.45. The Morgan fingerprint density at radius 1 is 1.61 bits per heavy atom. The number of hydrogen-bond acceptors (Lipinski definition) is 5. The molecule has 2 rings (SSSR count). The van der Waals surface area contributed by atoms with Crippen LogP contribution in [0.2, 0.25) is 0 Å². The predicted octanol–water partition coefficient (Wildman–Crippen LogP) is 1.25. The SMILES string of the molecule is COC(=O)c1ccc(CNC2CCCN(C)C2)o1. The number of methoxy groups -OCH3 is 1. The normalized spacial score (nSPS) is 20.9. The van der Waals surface area contributed by atoms with Gasteiger partial charge < -0.3 is 19.4 Å². The summed E-state index contributed by atoms with van der Waals surface area (Å²) in [5.41, 5.74) is 0. The highest BCUT2D eigenvalue weighted by atomic mass is 16.5. The number of esters is 1. The molecule has 1 saturated heterocycles. The average Bonchev–Trinajstić information content (AvgIpc) is 2.84. The van der Waals surface area contributed by atoms with Crippen molar-refractivity contribution < 1.29 is 13.9 Å².